The number of nitrogens with zero attached hydrogens (tertiary/aromatic N) is 8. The van der Waals surface area contributed by atoms with Crippen LogP contribution in [0, 0.1) is 11.8 Å². The van der Waals surface area contributed by atoms with Gasteiger partial charge in [-0.25, -0.2) is 19.9 Å². The average Bonchev–Trinajstić information content (AvgIpc) is 4.03. The molecule has 1 unspecified atom stereocenters. The minimum Gasteiger partial charge on any atom is -0.356 e. The third-order valence-corrected chi connectivity index (χ3v) is 14.6. The summed E-state index contributed by atoms with van der Waals surface area (Å²) in [5, 5.41) is 10.7. The normalized spacial score (nSPS) is 21.5. The van der Waals surface area contributed by atoms with Gasteiger partial charge in [-0.1, -0.05) is 60.7 Å². The van der Waals surface area contributed by atoms with E-state index in [-0.39, 0.29) is 0 Å². The Balaban J connectivity index is 0.000000150. The van der Waals surface area contributed by atoms with Crippen molar-refractivity contribution in [2.75, 3.05) is 82.3 Å². The highest BCUT2D eigenvalue weighted by Crippen LogP contribution is 2.40. The fourth-order valence-electron chi connectivity index (χ4n) is 9.59. The van der Waals surface area contributed by atoms with Gasteiger partial charge in [-0.3, -0.25) is 0 Å². The van der Waals surface area contributed by atoms with Crippen molar-refractivity contribution in [1.29, 1.82) is 0 Å². The lowest BCUT2D eigenvalue weighted by atomic mass is 9.94. The smallest absolute Gasteiger partial charge is 0.141 e. The molecule has 0 spiro atoms. The maximum atomic E-state index is 6.17. The Hall–Kier alpha value is -4.04. The lowest BCUT2D eigenvalue weighted by molar-refractivity contribution is 0.168. The molecule has 0 radical (unpaired) electrons. The molecule has 304 valence electrons. The SMILES string of the molecule is CN1CCC(NCC2CCN(c3ncnc4scc(-c5ccccc5)c34)CC2)C1.N[C@H]1CCCN(CC2CCN(c3ncnc4scc(-c5ccccc5)c34)CC2)C1. The van der Waals surface area contributed by atoms with Crippen LogP contribution in [0.2, 0.25) is 0 Å². The van der Waals surface area contributed by atoms with Crippen LogP contribution in [0.1, 0.15) is 44.9 Å². The molecule has 4 aromatic heterocycles. The van der Waals surface area contributed by atoms with Gasteiger partial charge in [0.15, 0.2) is 0 Å². The summed E-state index contributed by atoms with van der Waals surface area (Å²) in [7, 11) is 2.22. The average molecular weight is 815 g/mol. The van der Waals surface area contributed by atoms with Gasteiger partial charge in [-0.15, -0.1) is 22.7 Å². The summed E-state index contributed by atoms with van der Waals surface area (Å²) in [6, 6.07) is 22.3. The van der Waals surface area contributed by atoms with Crippen molar-refractivity contribution < 1.29 is 0 Å². The van der Waals surface area contributed by atoms with Crippen molar-refractivity contribution in [2.24, 2.45) is 17.6 Å². The van der Waals surface area contributed by atoms with Crippen LogP contribution >= 0.6 is 22.7 Å². The quantitative estimate of drug-likeness (QED) is 0.150. The molecule has 12 heteroatoms. The Morgan fingerprint density at radius 3 is 1.71 bits per heavy atom. The van der Waals surface area contributed by atoms with E-state index in [1.54, 1.807) is 35.3 Å². The molecule has 4 fully saturated rings. The van der Waals surface area contributed by atoms with Crippen LogP contribution in [0.3, 0.4) is 0 Å². The third kappa shape index (κ3) is 9.07. The number of hydrogen-bond donors (Lipinski definition) is 2. The first-order valence-electron chi connectivity index (χ1n) is 21.5. The topological polar surface area (TPSA) is 103 Å². The Morgan fingerprint density at radius 2 is 1.19 bits per heavy atom. The second-order valence-corrected chi connectivity index (χ2v) is 18.7. The molecule has 10 nitrogen and oxygen atoms in total. The number of piperidine rings is 3. The van der Waals surface area contributed by atoms with E-state index in [1.807, 2.05) is 0 Å². The summed E-state index contributed by atoms with van der Waals surface area (Å²) < 4.78 is 0. The van der Waals surface area contributed by atoms with Gasteiger partial charge in [-0.05, 0) is 94.6 Å². The van der Waals surface area contributed by atoms with Gasteiger partial charge in [0.25, 0.3) is 0 Å². The van der Waals surface area contributed by atoms with Crippen molar-refractivity contribution >= 4 is 54.7 Å². The van der Waals surface area contributed by atoms with Crippen LogP contribution in [0.25, 0.3) is 42.7 Å². The molecule has 58 heavy (non-hydrogen) atoms. The zero-order chi connectivity index (χ0) is 39.3. The molecule has 8 heterocycles. The molecule has 0 amide bonds. The lowest BCUT2D eigenvalue weighted by Gasteiger charge is -2.38. The molecule has 0 aliphatic carbocycles. The van der Waals surface area contributed by atoms with Crippen LogP contribution in [0.5, 0.6) is 0 Å². The highest BCUT2D eigenvalue weighted by molar-refractivity contribution is 7.17. The number of anilines is 2. The Bertz CT molecular complexity index is 2210. The molecule has 0 bridgehead atoms. The number of fused-ring (bicyclic) bond motifs is 2. The third-order valence-electron chi connectivity index (χ3n) is 12.8. The van der Waals surface area contributed by atoms with E-state index in [2.05, 4.69) is 113 Å². The van der Waals surface area contributed by atoms with Gasteiger partial charge >= 0.3 is 0 Å². The molecule has 4 aliphatic heterocycles. The largest absolute Gasteiger partial charge is 0.356 e. The maximum absolute atomic E-state index is 6.17. The van der Waals surface area contributed by atoms with Crippen molar-refractivity contribution in [3.8, 4) is 22.3 Å². The second-order valence-electron chi connectivity index (χ2n) is 17.0. The number of likely N-dealkylation sites (N-methyl/N-ethyl adjacent to an activating group) is 1. The number of hydrogen-bond acceptors (Lipinski definition) is 12. The highest BCUT2D eigenvalue weighted by Gasteiger charge is 2.28. The Labute approximate surface area is 351 Å². The zero-order valence-electron chi connectivity index (χ0n) is 33.9. The van der Waals surface area contributed by atoms with Crippen molar-refractivity contribution in [3.05, 3.63) is 84.1 Å². The predicted octanol–water partition coefficient (Wildman–Crippen LogP) is 7.87. The number of benzene rings is 2. The van der Waals surface area contributed by atoms with Gasteiger partial charge in [-0.2, -0.15) is 0 Å². The van der Waals surface area contributed by atoms with E-state index in [1.165, 1.54) is 104 Å². The molecule has 3 N–H and O–H groups in total. The summed E-state index contributed by atoms with van der Waals surface area (Å²) >= 11 is 3.43. The molecule has 4 saturated heterocycles. The fourth-order valence-corrected chi connectivity index (χ4v) is 11.4. The van der Waals surface area contributed by atoms with E-state index in [0.717, 1.165) is 72.4 Å². The molecular weight excluding hydrogens is 757 g/mol. The second kappa shape index (κ2) is 18.5. The van der Waals surface area contributed by atoms with E-state index in [4.69, 9.17) is 15.7 Å². The van der Waals surface area contributed by atoms with Crippen molar-refractivity contribution in [1.82, 2.24) is 35.1 Å². The summed E-state index contributed by atoms with van der Waals surface area (Å²) in [6.07, 6.45) is 12.1. The van der Waals surface area contributed by atoms with E-state index in [9.17, 15) is 0 Å². The first-order chi connectivity index (χ1) is 28.6. The summed E-state index contributed by atoms with van der Waals surface area (Å²) in [5.41, 5.74) is 11.2. The number of nitrogens with one attached hydrogen (secondary N) is 1. The number of likely N-dealkylation sites (tertiary alicyclic amines) is 2. The summed E-state index contributed by atoms with van der Waals surface area (Å²) in [6.45, 7) is 11.4. The van der Waals surface area contributed by atoms with Crippen LogP contribution in [0.15, 0.2) is 84.1 Å². The number of rotatable bonds is 9. The number of aromatic nitrogens is 4. The molecule has 10 rings (SSSR count). The van der Waals surface area contributed by atoms with E-state index in [0.29, 0.717) is 12.1 Å². The fraction of sp³-hybridized carbons (Fsp3) is 0.478. The molecular formula is C46H58N10S2. The predicted molar refractivity (Wildman–Crippen MR) is 243 cm³/mol. The highest BCUT2D eigenvalue weighted by atomic mass is 32.1. The molecule has 0 saturated carbocycles. The maximum Gasteiger partial charge on any atom is 0.141 e. The van der Waals surface area contributed by atoms with Gasteiger partial charge < -0.3 is 30.7 Å². The molecule has 2 aromatic carbocycles. The minimum atomic E-state index is 0.369. The zero-order valence-corrected chi connectivity index (χ0v) is 35.5. The van der Waals surface area contributed by atoms with Crippen LogP contribution in [0.4, 0.5) is 11.6 Å². The standard InChI is InChI=1S/2C23H29N5S/c1-27-10-9-19(14-27)24-13-17-7-11-28(12-8-17)22-21-20(18-5-3-2-4-6-18)15-29-23(21)26-16-25-22;24-19-7-4-10-27(14-19)13-17-8-11-28(12-9-17)22-21-20(18-5-2-1-3-6-18)15-29-23(21)26-16-25-22/h2-6,15-17,19,24H,7-14H2,1H3;1-3,5-6,15-17,19H,4,7-14,24H2/t;19-/m.0/s1. The summed E-state index contributed by atoms with van der Waals surface area (Å²) in [5.74, 6) is 3.75. The van der Waals surface area contributed by atoms with Gasteiger partial charge in [0, 0.05) is 79.8 Å². The Kier molecular flexibility index (Phi) is 12.6. The summed E-state index contributed by atoms with van der Waals surface area (Å²) in [4.78, 5) is 30.7. The number of nitrogens with two attached hydrogens (primary N) is 1. The number of thiophene rings is 2. The van der Waals surface area contributed by atoms with E-state index >= 15 is 0 Å². The van der Waals surface area contributed by atoms with E-state index < -0.39 is 0 Å². The first-order valence-corrected chi connectivity index (χ1v) is 23.3. The van der Waals surface area contributed by atoms with Crippen LogP contribution in [-0.2, 0) is 0 Å². The first kappa shape index (κ1) is 39.4. The Morgan fingerprint density at radius 1 is 0.638 bits per heavy atom. The van der Waals surface area contributed by atoms with Gasteiger partial charge in [0.1, 0.15) is 34.0 Å². The van der Waals surface area contributed by atoms with Crippen LogP contribution < -0.4 is 20.9 Å². The molecule has 2 atom stereocenters. The van der Waals surface area contributed by atoms with Gasteiger partial charge in [0.05, 0.1) is 10.8 Å². The van der Waals surface area contributed by atoms with Crippen molar-refractivity contribution in [3.63, 3.8) is 0 Å². The lowest BCUT2D eigenvalue weighted by Crippen LogP contribution is -2.46. The van der Waals surface area contributed by atoms with Crippen LogP contribution in [-0.4, -0.2) is 114 Å². The molecule has 4 aliphatic rings. The molecule has 6 aromatic rings. The van der Waals surface area contributed by atoms with Gasteiger partial charge in [0.2, 0.25) is 0 Å². The minimum absolute atomic E-state index is 0.369. The van der Waals surface area contributed by atoms with Crippen molar-refractivity contribution in [2.45, 2.75) is 57.0 Å². The monoisotopic (exact) mass is 814 g/mol.